The molecule has 0 aliphatic heterocycles. The lowest BCUT2D eigenvalue weighted by molar-refractivity contribution is -0.0558. The summed E-state index contributed by atoms with van der Waals surface area (Å²) in [6, 6.07) is 9.26. The number of carbonyl (C=O) groups is 1. The zero-order valence-corrected chi connectivity index (χ0v) is 19.2. The van der Waals surface area contributed by atoms with E-state index in [1.54, 1.807) is 24.5 Å². The lowest BCUT2D eigenvalue weighted by Gasteiger charge is -2.09. The highest BCUT2D eigenvalue weighted by Gasteiger charge is 2.14. The molecule has 0 unspecified atom stereocenters. The Morgan fingerprint density at radius 1 is 1.15 bits per heavy atom. The highest BCUT2D eigenvalue weighted by atomic mass is 32.1. The van der Waals surface area contributed by atoms with Crippen LogP contribution in [0, 0.1) is 6.92 Å². The third-order valence-corrected chi connectivity index (χ3v) is 5.78. The van der Waals surface area contributed by atoms with Gasteiger partial charge in [-0.25, -0.2) is 9.97 Å². The van der Waals surface area contributed by atoms with Gasteiger partial charge in [-0.2, -0.15) is 0 Å². The number of thiazole rings is 1. The summed E-state index contributed by atoms with van der Waals surface area (Å²) in [4.78, 5) is 25.9. The number of nitrogens with two attached hydrogens (primary N) is 1. The molecule has 3 aromatic heterocycles. The van der Waals surface area contributed by atoms with Crippen LogP contribution in [0.1, 0.15) is 22.6 Å². The molecule has 0 spiro atoms. The van der Waals surface area contributed by atoms with Crippen LogP contribution in [0.5, 0.6) is 0 Å². The number of amides is 1. The molecule has 10 heteroatoms. The van der Waals surface area contributed by atoms with E-state index in [0.717, 1.165) is 34.5 Å². The number of benzene rings is 1. The Kier molecular flexibility index (Phi) is 7.74. The van der Waals surface area contributed by atoms with Crippen molar-refractivity contribution in [1.29, 1.82) is 0 Å². The summed E-state index contributed by atoms with van der Waals surface area (Å²) in [5.74, 6) is 0.634. The molecule has 9 nitrogen and oxygen atoms in total. The highest BCUT2D eigenvalue weighted by Crippen LogP contribution is 2.25. The van der Waals surface area contributed by atoms with Gasteiger partial charge in [0.2, 0.25) is 0 Å². The Balaban J connectivity index is 1.38. The van der Waals surface area contributed by atoms with Crippen LogP contribution < -0.4 is 11.1 Å². The number of aryl methyl sites for hydroxylation is 1. The van der Waals surface area contributed by atoms with Crippen molar-refractivity contribution >= 4 is 33.4 Å². The number of fused-ring (bicyclic) bond motifs is 1. The maximum absolute atomic E-state index is 12.8. The van der Waals surface area contributed by atoms with E-state index >= 15 is 0 Å². The van der Waals surface area contributed by atoms with Gasteiger partial charge in [0.25, 0.3) is 5.91 Å². The van der Waals surface area contributed by atoms with E-state index in [-0.39, 0.29) is 12.7 Å². The van der Waals surface area contributed by atoms with Crippen molar-refractivity contribution in [3.05, 3.63) is 59.5 Å². The second kappa shape index (κ2) is 11.1. The van der Waals surface area contributed by atoms with Crippen LogP contribution in [0.3, 0.4) is 0 Å². The van der Waals surface area contributed by atoms with E-state index in [1.807, 2.05) is 30.5 Å². The van der Waals surface area contributed by atoms with Gasteiger partial charge in [0.15, 0.2) is 5.13 Å². The van der Waals surface area contributed by atoms with Gasteiger partial charge in [0.1, 0.15) is 12.6 Å². The van der Waals surface area contributed by atoms with E-state index in [0.29, 0.717) is 37.0 Å². The third-order valence-electron chi connectivity index (χ3n) is 5.02. The first-order valence-corrected chi connectivity index (χ1v) is 11.5. The number of nitrogens with zero attached hydrogens (tertiary/aromatic N) is 4. The fraction of sp³-hybridized carbons (Fsp3) is 0.304. The summed E-state index contributed by atoms with van der Waals surface area (Å²) in [6.07, 6.45) is 4.25. The first kappa shape index (κ1) is 23.0. The zero-order chi connectivity index (χ0) is 23.0. The summed E-state index contributed by atoms with van der Waals surface area (Å²) < 4.78 is 13.0. The van der Waals surface area contributed by atoms with E-state index in [1.165, 1.54) is 11.3 Å². The zero-order valence-electron chi connectivity index (χ0n) is 18.4. The van der Waals surface area contributed by atoms with Gasteiger partial charge in [0.05, 0.1) is 29.9 Å². The molecule has 0 aliphatic carbocycles. The summed E-state index contributed by atoms with van der Waals surface area (Å²) in [5.41, 5.74) is 9.42. The van der Waals surface area contributed by atoms with Gasteiger partial charge < -0.3 is 19.8 Å². The van der Waals surface area contributed by atoms with Crippen molar-refractivity contribution < 1.29 is 14.3 Å². The number of aromatic nitrogens is 4. The summed E-state index contributed by atoms with van der Waals surface area (Å²) in [5, 5.41) is 5.32. The number of ether oxygens (including phenoxy) is 2. The fourth-order valence-corrected chi connectivity index (χ4v) is 4.06. The smallest absolute Gasteiger partial charge is 0.257 e. The average Bonchev–Trinajstić information content (AvgIpc) is 3.42. The largest absolute Gasteiger partial charge is 0.355 e. The van der Waals surface area contributed by atoms with E-state index in [2.05, 4.69) is 24.8 Å². The molecule has 0 saturated heterocycles. The molecule has 0 radical (unpaired) electrons. The van der Waals surface area contributed by atoms with Crippen LogP contribution in [0.4, 0.5) is 5.13 Å². The van der Waals surface area contributed by atoms with Crippen LogP contribution in [-0.4, -0.2) is 52.0 Å². The molecular formula is C23H26N6O3S. The van der Waals surface area contributed by atoms with Crippen LogP contribution in [-0.2, 0) is 16.0 Å². The molecule has 0 aliphatic rings. The standard InChI is InChI=1S/C23H26N6O3S/c1-16-26-19-13-18(3-4-21(19)29(16)10-12-32-15-31-11-2-7-24)22(30)28-23-27-20(14-33-23)17-5-8-25-9-6-17/h3-6,8-9,13-14H,2,7,10-12,15,24H2,1H3,(H,27,28,30). The molecule has 1 amide bonds. The minimum Gasteiger partial charge on any atom is -0.355 e. The Morgan fingerprint density at radius 2 is 1.97 bits per heavy atom. The number of anilines is 1. The number of pyridine rings is 1. The van der Waals surface area contributed by atoms with Crippen molar-refractivity contribution in [2.45, 2.75) is 19.9 Å². The SMILES string of the molecule is Cc1nc2cc(C(=O)Nc3nc(-c4ccncc4)cs3)ccc2n1CCOCOCCCN. The second-order valence-corrected chi connectivity index (χ2v) is 8.18. The van der Waals surface area contributed by atoms with Crippen molar-refractivity contribution in [3.8, 4) is 11.3 Å². The highest BCUT2D eigenvalue weighted by molar-refractivity contribution is 7.14. The minimum atomic E-state index is -0.224. The van der Waals surface area contributed by atoms with Gasteiger partial charge in [-0.1, -0.05) is 0 Å². The molecule has 0 saturated carbocycles. The van der Waals surface area contributed by atoms with Gasteiger partial charge in [-0.05, 0) is 50.2 Å². The first-order chi connectivity index (χ1) is 16.2. The Bertz CT molecular complexity index is 1210. The molecule has 3 heterocycles. The number of rotatable bonds is 11. The summed E-state index contributed by atoms with van der Waals surface area (Å²) in [6.45, 7) is 4.53. The monoisotopic (exact) mass is 466 g/mol. The lowest BCUT2D eigenvalue weighted by atomic mass is 10.2. The average molecular weight is 467 g/mol. The van der Waals surface area contributed by atoms with Gasteiger partial charge in [-0.15, -0.1) is 11.3 Å². The molecule has 3 N–H and O–H groups in total. The topological polar surface area (TPSA) is 117 Å². The van der Waals surface area contributed by atoms with Gasteiger partial charge >= 0.3 is 0 Å². The summed E-state index contributed by atoms with van der Waals surface area (Å²) >= 11 is 1.38. The molecular weight excluding hydrogens is 440 g/mol. The van der Waals surface area contributed by atoms with E-state index in [4.69, 9.17) is 15.2 Å². The van der Waals surface area contributed by atoms with Crippen LogP contribution in [0.15, 0.2) is 48.1 Å². The van der Waals surface area contributed by atoms with Crippen molar-refractivity contribution in [2.24, 2.45) is 5.73 Å². The minimum absolute atomic E-state index is 0.224. The molecule has 0 atom stereocenters. The molecule has 172 valence electrons. The quantitative estimate of drug-likeness (QED) is 0.257. The number of hydrogen-bond acceptors (Lipinski definition) is 8. The molecule has 0 bridgehead atoms. The molecule has 0 fully saturated rings. The van der Waals surface area contributed by atoms with E-state index in [9.17, 15) is 4.79 Å². The first-order valence-electron chi connectivity index (χ1n) is 10.7. The molecule has 4 aromatic rings. The van der Waals surface area contributed by atoms with Crippen LogP contribution in [0.2, 0.25) is 0 Å². The summed E-state index contributed by atoms with van der Waals surface area (Å²) in [7, 11) is 0. The van der Waals surface area contributed by atoms with Crippen molar-refractivity contribution in [1.82, 2.24) is 19.5 Å². The molecule has 33 heavy (non-hydrogen) atoms. The third kappa shape index (κ3) is 5.79. The van der Waals surface area contributed by atoms with Gasteiger partial charge in [0, 0.05) is 35.4 Å². The normalized spacial score (nSPS) is 11.2. The van der Waals surface area contributed by atoms with E-state index < -0.39 is 0 Å². The predicted molar refractivity (Wildman–Crippen MR) is 128 cm³/mol. The second-order valence-electron chi connectivity index (χ2n) is 7.32. The maximum Gasteiger partial charge on any atom is 0.257 e. The number of hydrogen-bond donors (Lipinski definition) is 2. The number of imidazole rings is 1. The number of nitrogens with one attached hydrogen (secondary N) is 1. The van der Waals surface area contributed by atoms with Crippen LogP contribution in [0.25, 0.3) is 22.3 Å². The van der Waals surface area contributed by atoms with Gasteiger partial charge in [-0.3, -0.25) is 15.1 Å². The molecule has 1 aromatic carbocycles. The number of carbonyl (C=O) groups excluding carboxylic acids is 1. The predicted octanol–water partition coefficient (Wildman–Crippen LogP) is 3.46. The maximum atomic E-state index is 12.8. The van der Waals surface area contributed by atoms with Crippen molar-refractivity contribution in [2.75, 3.05) is 31.9 Å². The van der Waals surface area contributed by atoms with Crippen molar-refractivity contribution in [3.63, 3.8) is 0 Å². The Labute approximate surface area is 195 Å². The Hall–Kier alpha value is -3.18. The Morgan fingerprint density at radius 3 is 2.79 bits per heavy atom. The lowest BCUT2D eigenvalue weighted by Crippen LogP contribution is -2.12. The fourth-order valence-electron chi connectivity index (χ4n) is 3.35. The van der Waals surface area contributed by atoms with Crippen LogP contribution >= 0.6 is 11.3 Å². The molecule has 4 rings (SSSR count).